The van der Waals surface area contributed by atoms with E-state index in [4.69, 9.17) is 4.74 Å². The Bertz CT molecular complexity index is 847. The molecular formula is C22H25N3O3. The Labute approximate surface area is 164 Å². The SMILES string of the molecule is O=C(CC1CCCCO1)Nc1ccc2c(c1)N(C(=O)c1cccnc1)CCC2. The molecule has 2 aliphatic rings. The highest BCUT2D eigenvalue weighted by molar-refractivity contribution is 6.07. The molecule has 28 heavy (non-hydrogen) atoms. The second-order valence-electron chi connectivity index (χ2n) is 7.39. The summed E-state index contributed by atoms with van der Waals surface area (Å²) in [6, 6.07) is 9.37. The van der Waals surface area contributed by atoms with Crippen molar-refractivity contribution in [2.75, 3.05) is 23.4 Å². The van der Waals surface area contributed by atoms with Gasteiger partial charge in [-0.05, 0) is 61.9 Å². The second kappa shape index (κ2) is 8.52. The van der Waals surface area contributed by atoms with Gasteiger partial charge in [0, 0.05) is 36.9 Å². The largest absolute Gasteiger partial charge is 0.378 e. The van der Waals surface area contributed by atoms with Crippen molar-refractivity contribution in [2.24, 2.45) is 0 Å². The minimum absolute atomic E-state index is 0.00929. The van der Waals surface area contributed by atoms with E-state index in [-0.39, 0.29) is 17.9 Å². The fourth-order valence-electron chi connectivity index (χ4n) is 3.90. The van der Waals surface area contributed by atoms with Crippen molar-refractivity contribution in [2.45, 2.75) is 44.6 Å². The maximum atomic E-state index is 12.9. The number of carbonyl (C=O) groups is 2. The molecule has 146 valence electrons. The molecule has 1 fully saturated rings. The molecule has 1 saturated heterocycles. The van der Waals surface area contributed by atoms with Crippen LogP contribution in [0.2, 0.25) is 0 Å². The minimum atomic E-state index is -0.0619. The number of amides is 2. The fourth-order valence-corrected chi connectivity index (χ4v) is 3.90. The van der Waals surface area contributed by atoms with Crippen LogP contribution in [0.4, 0.5) is 11.4 Å². The first kappa shape index (κ1) is 18.6. The number of aryl methyl sites for hydroxylation is 1. The predicted molar refractivity (Wildman–Crippen MR) is 108 cm³/mol. The number of hydrogen-bond acceptors (Lipinski definition) is 4. The summed E-state index contributed by atoms with van der Waals surface area (Å²) in [7, 11) is 0. The molecule has 1 N–H and O–H groups in total. The van der Waals surface area contributed by atoms with Crippen molar-refractivity contribution < 1.29 is 14.3 Å². The summed E-state index contributed by atoms with van der Waals surface area (Å²) in [4.78, 5) is 31.2. The molecule has 0 bridgehead atoms. The Balaban J connectivity index is 1.49. The third-order valence-corrected chi connectivity index (χ3v) is 5.33. The molecule has 1 aromatic heterocycles. The minimum Gasteiger partial charge on any atom is -0.378 e. The van der Waals surface area contributed by atoms with Crippen LogP contribution < -0.4 is 10.2 Å². The maximum Gasteiger partial charge on any atom is 0.259 e. The van der Waals surface area contributed by atoms with Gasteiger partial charge in [0.1, 0.15) is 0 Å². The van der Waals surface area contributed by atoms with E-state index >= 15 is 0 Å². The molecule has 2 aromatic rings. The topological polar surface area (TPSA) is 71.5 Å². The number of pyridine rings is 1. The second-order valence-corrected chi connectivity index (χ2v) is 7.39. The van der Waals surface area contributed by atoms with Crippen LogP contribution in [0.15, 0.2) is 42.7 Å². The number of hydrogen-bond donors (Lipinski definition) is 1. The van der Waals surface area contributed by atoms with Crippen LogP contribution in [0.1, 0.15) is 48.0 Å². The van der Waals surface area contributed by atoms with Gasteiger partial charge in [0.2, 0.25) is 5.91 Å². The van der Waals surface area contributed by atoms with E-state index in [1.54, 1.807) is 29.4 Å². The molecule has 1 aromatic carbocycles. The number of ether oxygens (including phenoxy) is 1. The van der Waals surface area contributed by atoms with Crippen molar-refractivity contribution in [1.82, 2.24) is 4.98 Å². The van der Waals surface area contributed by atoms with Crippen molar-refractivity contribution in [3.8, 4) is 0 Å². The number of nitrogens with zero attached hydrogens (tertiary/aromatic N) is 2. The average Bonchev–Trinajstić information content (AvgIpc) is 2.74. The third kappa shape index (κ3) is 4.22. The normalized spacial score (nSPS) is 19.0. The molecule has 2 aliphatic heterocycles. The molecule has 0 saturated carbocycles. The number of rotatable bonds is 4. The van der Waals surface area contributed by atoms with Gasteiger partial charge >= 0.3 is 0 Å². The van der Waals surface area contributed by atoms with E-state index in [1.807, 2.05) is 18.2 Å². The lowest BCUT2D eigenvalue weighted by atomic mass is 10.00. The molecule has 1 unspecified atom stereocenters. The first-order valence-electron chi connectivity index (χ1n) is 9.97. The average molecular weight is 379 g/mol. The maximum absolute atomic E-state index is 12.9. The molecule has 0 spiro atoms. The molecule has 0 radical (unpaired) electrons. The number of benzene rings is 1. The lowest BCUT2D eigenvalue weighted by Gasteiger charge is -2.30. The summed E-state index contributed by atoms with van der Waals surface area (Å²) in [5.41, 5.74) is 3.27. The number of anilines is 2. The van der Waals surface area contributed by atoms with E-state index in [0.29, 0.717) is 24.2 Å². The Morgan fingerprint density at radius 2 is 2.14 bits per heavy atom. The van der Waals surface area contributed by atoms with E-state index < -0.39 is 0 Å². The molecule has 6 heteroatoms. The Morgan fingerprint density at radius 3 is 2.93 bits per heavy atom. The van der Waals surface area contributed by atoms with Crippen molar-refractivity contribution in [3.05, 3.63) is 53.9 Å². The molecule has 4 rings (SSSR count). The van der Waals surface area contributed by atoms with Crippen LogP contribution in [0.25, 0.3) is 0 Å². The zero-order chi connectivity index (χ0) is 19.3. The molecule has 6 nitrogen and oxygen atoms in total. The number of carbonyl (C=O) groups excluding carboxylic acids is 2. The van der Waals surface area contributed by atoms with Crippen LogP contribution in [-0.2, 0) is 16.0 Å². The van der Waals surface area contributed by atoms with Crippen molar-refractivity contribution in [1.29, 1.82) is 0 Å². The fraction of sp³-hybridized carbons (Fsp3) is 0.409. The standard InChI is InChI=1S/C22H25N3O3/c26-21(14-19-7-1-2-12-28-19)24-18-9-8-16-6-4-11-25(20(16)13-18)22(27)17-5-3-10-23-15-17/h3,5,8-10,13,15,19H,1-2,4,6-7,11-12,14H2,(H,24,26). The molecule has 1 atom stereocenters. The quantitative estimate of drug-likeness (QED) is 0.881. The van der Waals surface area contributed by atoms with E-state index in [1.165, 1.54) is 0 Å². The Kier molecular flexibility index (Phi) is 5.67. The monoisotopic (exact) mass is 379 g/mol. The van der Waals surface area contributed by atoms with E-state index in [2.05, 4.69) is 10.3 Å². The van der Waals surface area contributed by atoms with Gasteiger partial charge in [-0.15, -0.1) is 0 Å². The van der Waals surface area contributed by atoms with Gasteiger partial charge < -0.3 is 15.0 Å². The van der Waals surface area contributed by atoms with Gasteiger partial charge in [0.05, 0.1) is 18.1 Å². The Morgan fingerprint density at radius 1 is 1.21 bits per heavy atom. The highest BCUT2D eigenvalue weighted by atomic mass is 16.5. The summed E-state index contributed by atoms with van der Waals surface area (Å²) < 4.78 is 5.65. The summed E-state index contributed by atoms with van der Waals surface area (Å²) in [5, 5.41) is 2.97. The van der Waals surface area contributed by atoms with Crippen LogP contribution in [0.5, 0.6) is 0 Å². The molecule has 2 amide bonds. The predicted octanol–water partition coefficient (Wildman–Crippen LogP) is 3.57. The summed E-state index contributed by atoms with van der Waals surface area (Å²) in [5.74, 6) is -0.110. The Hall–Kier alpha value is -2.73. The van der Waals surface area contributed by atoms with Gasteiger partial charge in [-0.3, -0.25) is 14.6 Å². The lowest BCUT2D eigenvalue weighted by Crippen LogP contribution is -2.35. The van der Waals surface area contributed by atoms with Gasteiger partial charge in [0.25, 0.3) is 5.91 Å². The zero-order valence-corrected chi connectivity index (χ0v) is 15.9. The van der Waals surface area contributed by atoms with Gasteiger partial charge in [-0.1, -0.05) is 6.07 Å². The lowest BCUT2D eigenvalue weighted by molar-refractivity contribution is -0.119. The first-order valence-corrected chi connectivity index (χ1v) is 9.97. The highest BCUT2D eigenvalue weighted by Gasteiger charge is 2.24. The first-order chi connectivity index (χ1) is 13.7. The van der Waals surface area contributed by atoms with Crippen molar-refractivity contribution in [3.63, 3.8) is 0 Å². The van der Waals surface area contributed by atoms with Crippen LogP contribution >= 0.6 is 0 Å². The molecule has 3 heterocycles. The number of aromatic nitrogens is 1. The summed E-state index contributed by atoms with van der Waals surface area (Å²) in [6.45, 7) is 1.40. The highest BCUT2D eigenvalue weighted by Crippen LogP contribution is 2.31. The van der Waals surface area contributed by atoms with Gasteiger partial charge in [0.15, 0.2) is 0 Å². The van der Waals surface area contributed by atoms with Crippen LogP contribution in [-0.4, -0.2) is 36.1 Å². The van der Waals surface area contributed by atoms with Gasteiger partial charge in [-0.2, -0.15) is 0 Å². The van der Waals surface area contributed by atoms with Crippen LogP contribution in [0.3, 0.4) is 0 Å². The summed E-state index contributed by atoms with van der Waals surface area (Å²) >= 11 is 0. The smallest absolute Gasteiger partial charge is 0.259 e. The number of nitrogens with one attached hydrogen (secondary N) is 1. The summed E-state index contributed by atoms with van der Waals surface area (Å²) in [6.07, 6.45) is 8.60. The van der Waals surface area contributed by atoms with Crippen LogP contribution in [0, 0.1) is 0 Å². The van der Waals surface area contributed by atoms with E-state index in [0.717, 1.165) is 50.0 Å². The third-order valence-electron chi connectivity index (χ3n) is 5.33. The van der Waals surface area contributed by atoms with Gasteiger partial charge in [-0.25, -0.2) is 0 Å². The zero-order valence-electron chi connectivity index (χ0n) is 15.9. The van der Waals surface area contributed by atoms with E-state index in [9.17, 15) is 9.59 Å². The number of fused-ring (bicyclic) bond motifs is 1. The molecule has 0 aliphatic carbocycles. The molecular weight excluding hydrogens is 354 g/mol. The van der Waals surface area contributed by atoms with Crippen molar-refractivity contribution >= 4 is 23.2 Å².